The van der Waals surface area contributed by atoms with Crippen molar-refractivity contribution in [2.24, 2.45) is 17.8 Å². The van der Waals surface area contributed by atoms with Crippen LogP contribution in [0.15, 0.2) is 33.9 Å². The lowest BCUT2D eigenvalue weighted by molar-refractivity contribution is -0.126. The number of thioether (sulfide) groups is 1. The van der Waals surface area contributed by atoms with Gasteiger partial charge in [0.1, 0.15) is 0 Å². The minimum absolute atomic E-state index is 0.0435. The van der Waals surface area contributed by atoms with Crippen LogP contribution in [0.1, 0.15) is 51.0 Å². The number of rotatable bonds is 5. The molecule has 0 spiro atoms. The summed E-state index contributed by atoms with van der Waals surface area (Å²) in [6.45, 7) is 3.95. The van der Waals surface area contributed by atoms with E-state index in [9.17, 15) is 4.79 Å². The zero-order valence-corrected chi connectivity index (χ0v) is 17.3. The van der Waals surface area contributed by atoms with Crippen LogP contribution in [0.4, 0.5) is 0 Å². The van der Waals surface area contributed by atoms with Gasteiger partial charge in [-0.1, -0.05) is 30.0 Å². The number of amides is 1. The predicted molar refractivity (Wildman–Crippen MR) is 109 cm³/mol. The molecule has 1 N–H and O–H groups in total. The van der Waals surface area contributed by atoms with Gasteiger partial charge in [-0.2, -0.15) is 0 Å². The molecule has 4 aliphatic rings. The Morgan fingerprint density at radius 2 is 1.79 bits per heavy atom. The van der Waals surface area contributed by atoms with E-state index in [1.54, 1.807) is 0 Å². The van der Waals surface area contributed by atoms with E-state index >= 15 is 0 Å². The molecule has 1 aromatic carbocycles. The first-order valence-electron chi connectivity index (χ1n) is 10.4. The lowest BCUT2D eigenvalue weighted by atomic mass is 9.53. The molecule has 1 amide bonds. The van der Waals surface area contributed by atoms with Gasteiger partial charge in [0, 0.05) is 11.1 Å². The van der Waals surface area contributed by atoms with Crippen LogP contribution in [0.3, 0.4) is 0 Å². The quantitative estimate of drug-likeness (QED) is 0.746. The van der Waals surface area contributed by atoms with Crippen molar-refractivity contribution in [1.29, 1.82) is 0 Å². The number of benzene rings is 1. The first-order chi connectivity index (χ1) is 13.5. The summed E-state index contributed by atoms with van der Waals surface area (Å²) in [6, 6.07) is 7.94. The van der Waals surface area contributed by atoms with Crippen LogP contribution in [0.5, 0.6) is 0 Å². The zero-order chi connectivity index (χ0) is 19.3. The maximum atomic E-state index is 12.9. The molecule has 0 unspecified atom stereocenters. The van der Waals surface area contributed by atoms with Crippen LogP contribution in [0, 0.1) is 24.7 Å². The number of hydrogen-bond donors (Lipinski definition) is 1. The smallest absolute Gasteiger partial charge is 0.277 e. The highest BCUT2D eigenvalue weighted by Gasteiger charge is 2.51. The highest BCUT2D eigenvalue weighted by molar-refractivity contribution is 8.00. The Labute approximate surface area is 170 Å². The van der Waals surface area contributed by atoms with E-state index in [2.05, 4.69) is 15.5 Å². The summed E-state index contributed by atoms with van der Waals surface area (Å²) in [6.07, 6.45) is 7.63. The van der Waals surface area contributed by atoms with E-state index in [1.165, 1.54) is 50.3 Å². The van der Waals surface area contributed by atoms with Crippen LogP contribution in [-0.4, -0.2) is 26.9 Å². The lowest BCUT2D eigenvalue weighted by Gasteiger charge is -2.57. The van der Waals surface area contributed by atoms with E-state index < -0.39 is 0 Å². The van der Waals surface area contributed by atoms with Gasteiger partial charge in [0.15, 0.2) is 0 Å². The zero-order valence-electron chi connectivity index (χ0n) is 16.5. The Kier molecular flexibility index (Phi) is 4.49. The Morgan fingerprint density at radius 3 is 2.43 bits per heavy atom. The minimum Gasteiger partial charge on any atom is -0.411 e. The maximum absolute atomic E-state index is 12.9. The van der Waals surface area contributed by atoms with Crippen LogP contribution in [0.2, 0.25) is 0 Å². The summed E-state index contributed by atoms with van der Waals surface area (Å²) in [5.74, 6) is 3.07. The van der Waals surface area contributed by atoms with Gasteiger partial charge in [0.25, 0.3) is 5.22 Å². The Hall–Kier alpha value is -1.82. The van der Waals surface area contributed by atoms with Crippen molar-refractivity contribution in [3.63, 3.8) is 0 Å². The fraction of sp³-hybridized carbons (Fsp3) is 0.591. The minimum atomic E-state index is -0.252. The van der Waals surface area contributed by atoms with Crippen molar-refractivity contribution in [1.82, 2.24) is 15.5 Å². The molecular weight excluding hydrogens is 370 g/mol. The third-order valence-electron chi connectivity index (χ3n) is 6.86. The third kappa shape index (κ3) is 3.36. The number of carbonyl (C=O) groups excluding carboxylic acids is 1. The molecule has 6 heteroatoms. The molecule has 0 aliphatic heterocycles. The van der Waals surface area contributed by atoms with Crippen molar-refractivity contribution in [3.8, 4) is 11.5 Å². The van der Waals surface area contributed by atoms with E-state index in [-0.39, 0.29) is 16.7 Å². The number of aryl methyl sites for hydroxylation is 1. The SMILES string of the molecule is Cc1ccccc1-c1nnc(S[C@H](C)C(=O)NC23CC4CC(CC(C4)C2)C3)o1. The van der Waals surface area contributed by atoms with Gasteiger partial charge in [0.05, 0.1) is 5.25 Å². The molecule has 1 heterocycles. The molecule has 6 rings (SSSR count). The second-order valence-corrected chi connectivity index (χ2v) is 10.4. The molecule has 28 heavy (non-hydrogen) atoms. The fourth-order valence-corrected chi connectivity index (χ4v) is 6.69. The van der Waals surface area contributed by atoms with Crippen molar-refractivity contribution >= 4 is 17.7 Å². The van der Waals surface area contributed by atoms with Crippen LogP contribution in [0.25, 0.3) is 11.5 Å². The lowest BCUT2D eigenvalue weighted by Crippen LogP contribution is -2.60. The maximum Gasteiger partial charge on any atom is 0.277 e. The Morgan fingerprint density at radius 1 is 1.14 bits per heavy atom. The summed E-state index contributed by atoms with van der Waals surface area (Å²) < 4.78 is 5.83. The van der Waals surface area contributed by atoms with Crippen molar-refractivity contribution in [2.75, 3.05) is 0 Å². The predicted octanol–water partition coefficient (Wildman–Crippen LogP) is 4.61. The average Bonchev–Trinajstić information content (AvgIpc) is 3.08. The molecule has 4 saturated carbocycles. The van der Waals surface area contributed by atoms with Crippen molar-refractivity contribution in [3.05, 3.63) is 29.8 Å². The van der Waals surface area contributed by atoms with Crippen molar-refractivity contribution < 1.29 is 9.21 Å². The molecule has 4 aliphatic carbocycles. The molecule has 0 saturated heterocycles. The van der Waals surface area contributed by atoms with E-state index in [4.69, 9.17) is 4.42 Å². The monoisotopic (exact) mass is 397 g/mol. The first kappa shape index (κ1) is 18.2. The van der Waals surface area contributed by atoms with Crippen LogP contribution >= 0.6 is 11.8 Å². The second kappa shape index (κ2) is 6.90. The van der Waals surface area contributed by atoms with Gasteiger partial charge in [-0.05, 0) is 81.8 Å². The standard InChI is InChI=1S/C22H27N3O2S/c1-13-5-3-4-6-18(13)20-24-25-21(27-20)28-14(2)19(26)23-22-10-15-7-16(11-22)9-17(8-15)12-22/h3-6,14-17H,7-12H2,1-2H3,(H,23,26)/t14-,15?,16?,17?,22?/m1/s1. The number of nitrogens with zero attached hydrogens (tertiary/aromatic N) is 2. The summed E-state index contributed by atoms with van der Waals surface area (Å²) in [5, 5.41) is 12.0. The Bertz CT molecular complexity index is 858. The number of nitrogens with one attached hydrogen (secondary N) is 1. The molecule has 148 valence electrons. The van der Waals surface area contributed by atoms with Crippen LogP contribution in [-0.2, 0) is 4.79 Å². The summed E-state index contributed by atoms with van der Waals surface area (Å²) in [4.78, 5) is 12.9. The molecule has 5 nitrogen and oxygen atoms in total. The van der Waals surface area contributed by atoms with Gasteiger partial charge in [-0.3, -0.25) is 4.79 Å². The van der Waals surface area contributed by atoms with Gasteiger partial charge in [-0.15, -0.1) is 10.2 Å². The molecule has 0 radical (unpaired) electrons. The summed E-state index contributed by atoms with van der Waals surface area (Å²) in [5.41, 5.74) is 2.07. The van der Waals surface area contributed by atoms with Crippen molar-refractivity contribution in [2.45, 2.75) is 68.4 Å². The van der Waals surface area contributed by atoms with Gasteiger partial charge < -0.3 is 9.73 Å². The normalized spacial score (nSPS) is 31.7. The van der Waals surface area contributed by atoms with E-state index in [0.29, 0.717) is 11.1 Å². The fourth-order valence-electron chi connectivity index (χ4n) is 6.01. The summed E-state index contributed by atoms with van der Waals surface area (Å²) >= 11 is 1.35. The average molecular weight is 398 g/mol. The van der Waals surface area contributed by atoms with Gasteiger partial charge in [-0.25, -0.2) is 0 Å². The van der Waals surface area contributed by atoms with E-state index in [1.807, 2.05) is 38.1 Å². The first-order valence-corrected chi connectivity index (χ1v) is 11.3. The highest BCUT2D eigenvalue weighted by Crippen LogP contribution is 2.55. The van der Waals surface area contributed by atoms with Crippen LogP contribution < -0.4 is 5.32 Å². The number of hydrogen-bond acceptors (Lipinski definition) is 5. The molecular formula is C22H27N3O2S. The summed E-state index contributed by atoms with van der Waals surface area (Å²) in [7, 11) is 0. The third-order valence-corrected chi connectivity index (χ3v) is 7.79. The molecule has 1 aromatic heterocycles. The topological polar surface area (TPSA) is 68.0 Å². The molecule has 2 aromatic rings. The molecule has 1 atom stereocenters. The molecule has 4 bridgehead atoms. The second-order valence-electron chi connectivity index (χ2n) is 9.14. The number of aromatic nitrogens is 2. The highest BCUT2D eigenvalue weighted by atomic mass is 32.2. The van der Waals surface area contributed by atoms with E-state index in [0.717, 1.165) is 28.9 Å². The molecule has 4 fully saturated rings. The Balaban J connectivity index is 1.24. The van der Waals surface area contributed by atoms with Gasteiger partial charge >= 0.3 is 0 Å². The van der Waals surface area contributed by atoms with Gasteiger partial charge in [0.2, 0.25) is 11.8 Å². The largest absolute Gasteiger partial charge is 0.411 e. The number of carbonyl (C=O) groups is 1.